The zero-order valence-electron chi connectivity index (χ0n) is 8.96. The quantitative estimate of drug-likeness (QED) is 0.668. The lowest BCUT2D eigenvalue weighted by Gasteiger charge is -2.02. The molecule has 0 saturated carbocycles. The summed E-state index contributed by atoms with van der Waals surface area (Å²) in [6.45, 7) is 1.82. The van der Waals surface area contributed by atoms with Crippen molar-refractivity contribution in [2.45, 2.75) is 6.92 Å². The van der Waals surface area contributed by atoms with Crippen LogP contribution in [0.3, 0.4) is 0 Å². The van der Waals surface area contributed by atoms with E-state index in [4.69, 9.17) is 17.3 Å². The number of benzene rings is 1. The van der Waals surface area contributed by atoms with Crippen molar-refractivity contribution in [3.8, 4) is 0 Å². The third-order valence-corrected chi connectivity index (χ3v) is 3.89. The van der Waals surface area contributed by atoms with Gasteiger partial charge in [-0.1, -0.05) is 11.6 Å². The lowest BCUT2D eigenvalue weighted by molar-refractivity contribution is 0.104. The molecule has 0 saturated heterocycles. The first-order chi connectivity index (χ1) is 7.99. The zero-order valence-corrected chi connectivity index (χ0v) is 10.5. The molecule has 0 radical (unpaired) electrons. The molecule has 2 N–H and O–H groups in total. The van der Waals surface area contributed by atoms with Crippen molar-refractivity contribution >= 4 is 34.4 Å². The van der Waals surface area contributed by atoms with Crippen LogP contribution < -0.4 is 5.73 Å². The summed E-state index contributed by atoms with van der Waals surface area (Å²) in [5.41, 5.74) is 6.90. The number of carbonyl (C=O) groups is 1. The fraction of sp³-hybridized carbons (Fsp3) is 0.0833. The molecule has 17 heavy (non-hydrogen) atoms. The Morgan fingerprint density at radius 3 is 2.65 bits per heavy atom. The smallest absolute Gasteiger partial charge is 0.205 e. The SMILES string of the molecule is Cc1cc(C(=O)c2ccc(F)cc2N)sc1Cl. The minimum atomic E-state index is -0.459. The van der Waals surface area contributed by atoms with E-state index in [0.717, 1.165) is 11.6 Å². The number of nitrogens with two attached hydrogens (primary N) is 1. The molecule has 2 nitrogen and oxygen atoms in total. The van der Waals surface area contributed by atoms with Gasteiger partial charge in [-0.2, -0.15) is 0 Å². The lowest BCUT2D eigenvalue weighted by Crippen LogP contribution is -2.03. The highest BCUT2D eigenvalue weighted by atomic mass is 35.5. The van der Waals surface area contributed by atoms with Crippen LogP contribution in [0.15, 0.2) is 24.3 Å². The van der Waals surface area contributed by atoms with E-state index in [0.29, 0.717) is 14.8 Å². The predicted octanol–water partition coefficient (Wildman–Crippen LogP) is 3.66. The molecule has 88 valence electrons. The van der Waals surface area contributed by atoms with Crippen LogP contribution in [0.4, 0.5) is 10.1 Å². The standard InChI is InChI=1S/C12H9ClFNOS/c1-6-4-10(17-12(6)13)11(16)8-3-2-7(14)5-9(8)15/h2-5H,15H2,1H3. The van der Waals surface area contributed by atoms with Gasteiger partial charge >= 0.3 is 0 Å². The van der Waals surface area contributed by atoms with Crippen LogP contribution in [0.2, 0.25) is 4.34 Å². The Hall–Kier alpha value is -1.39. The summed E-state index contributed by atoms with van der Waals surface area (Å²) >= 11 is 7.10. The van der Waals surface area contributed by atoms with Crippen molar-refractivity contribution in [3.05, 3.63) is 50.4 Å². The molecule has 0 spiro atoms. The number of carbonyl (C=O) groups excluding carboxylic acids is 1. The number of nitrogen functional groups attached to an aromatic ring is 1. The van der Waals surface area contributed by atoms with Crippen molar-refractivity contribution in [3.63, 3.8) is 0 Å². The van der Waals surface area contributed by atoms with Gasteiger partial charge in [0.1, 0.15) is 5.82 Å². The molecule has 5 heteroatoms. The number of halogens is 2. The van der Waals surface area contributed by atoms with E-state index in [1.807, 2.05) is 6.92 Å². The van der Waals surface area contributed by atoms with E-state index in [1.54, 1.807) is 6.07 Å². The average molecular weight is 270 g/mol. The normalized spacial score (nSPS) is 10.5. The van der Waals surface area contributed by atoms with Gasteiger partial charge in [-0.15, -0.1) is 11.3 Å². The summed E-state index contributed by atoms with van der Waals surface area (Å²) in [5.74, 6) is -0.693. The molecule has 0 atom stereocenters. The molecule has 2 aromatic rings. The Bertz CT molecular complexity index is 575. The van der Waals surface area contributed by atoms with E-state index in [2.05, 4.69) is 0 Å². The van der Waals surface area contributed by atoms with Crippen molar-refractivity contribution in [1.82, 2.24) is 0 Å². The van der Waals surface area contributed by atoms with Crippen molar-refractivity contribution in [2.24, 2.45) is 0 Å². The fourth-order valence-electron chi connectivity index (χ4n) is 1.44. The van der Waals surface area contributed by atoms with E-state index in [-0.39, 0.29) is 11.5 Å². The lowest BCUT2D eigenvalue weighted by atomic mass is 10.1. The third kappa shape index (κ3) is 2.33. The molecule has 0 fully saturated rings. The summed E-state index contributed by atoms with van der Waals surface area (Å²) in [6.07, 6.45) is 0. The molecule has 1 aromatic carbocycles. The fourth-order valence-corrected chi connectivity index (χ4v) is 2.60. The second-order valence-electron chi connectivity index (χ2n) is 3.63. The van der Waals surface area contributed by atoms with E-state index < -0.39 is 5.82 Å². The highest BCUT2D eigenvalue weighted by molar-refractivity contribution is 7.18. The van der Waals surface area contributed by atoms with E-state index in [1.165, 1.54) is 23.5 Å². The Kier molecular flexibility index (Phi) is 3.17. The minimum Gasteiger partial charge on any atom is -0.398 e. The number of thiophene rings is 1. The average Bonchev–Trinajstić information content (AvgIpc) is 2.58. The molecule has 0 bridgehead atoms. The molecule has 2 rings (SSSR count). The number of ketones is 1. The van der Waals surface area contributed by atoms with Gasteiger partial charge in [0, 0.05) is 11.3 Å². The second-order valence-corrected chi connectivity index (χ2v) is 5.28. The van der Waals surface area contributed by atoms with Crippen LogP contribution in [-0.2, 0) is 0 Å². The van der Waals surface area contributed by atoms with Gasteiger partial charge in [0.25, 0.3) is 0 Å². The molecule has 0 aliphatic carbocycles. The number of rotatable bonds is 2. The molecule has 1 heterocycles. The Morgan fingerprint density at radius 1 is 1.41 bits per heavy atom. The molecule has 0 aliphatic rings. The molecule has 0 amide bonds. The number of hydrogen-bond acceptors (Lipinski definition) is 3. The maximum Gasteiger partial charge on any atom is 0.205 e. The van der Waals surface area contributed by atoms with Gasteiger partial charge in [0.15, 0.2) is 0 Å². The molecule has 0 aliphatic heterocycles. The van der Waals surface area contributed by atoms with Crippen molar-refractivity contribution < 1.29 is 9.18 Å². The number of anilines is 1. The summed E-state index contributed by atoms with van der Waals surface area (Å²) in [4.78, 5) is 12.6. The van der Waals surface area contributed by atoms with Gasteiger partial charge in [-0.25, -0.2) is 4.39 Å². The van der Waals surface area contributed by atoms with Crippen LogP contribution in [0, 0.1) is 12.7 Å². The van der Waals surface area contributed by atoms with Crippen LogP contribution in [0.5, 0.6) is 0 Å². The summed E-state index contributed by atoms with van der Waals surface area (Å²) in [6, 6.07) is 5.44. The second kappa shape index (κ2) is 4.47. The van der Waals surface area contributed by atoms with Crippen LogP contribution in [-0.4, -0.2) is 5.78 Å². The first kappa shape index (κ1) is 12.1. The largest absolute Gasteiger partial charge is 0.398 e. The maximum absolute atomic E-state index is 12.9. The van der Waals surface area contributed by atoms with Gasteiger partial charge in [0.05, 0.1) is 9.21 Å². The Labute approximate surface area is 107 Å². The molecular formula is C12H9ClFNOS. The summed E-state index contributed by atoms with van der Waals surface area (Å²) in [7, 11) is 0. The number of aryl methyl sites for hydroxylation is 1. The molecule has 1 aromatic heterocycles. The first-order valence-corrected chi connectivity index (χ1v) is 6.04. The van der Waals surface area contributed by atoms with E-state index >= 15 is 0 Å². The van der Waals surface area contributed by atoms with Crippen molar-refractivity contribution in [1.29, 1.82) is 0 Å². The Morgan fingerprint density at radius 2 is 2.12 bits per heavy atom. The van der Waals surface area contributed by atoms with Crippen molar-refractivity contribution in [2.75, 3.05) is 5.73 Å². The number of hydrogen-bond donors (Lipinski definition) is 1. The highest BCUT2D eigenvalue weighted by Gasteiger charge is 2.16. The highest BCUT2D eigenvalue weighted by Crippen LogP contribution is 2.29. The molecule has 0 unspecified atom stereocenters. The predicted molar refractivity (Wildman–Crippen MR) is 68.3 cm³/mol. The molecular weight excluding hydrogens is 261 g/mol. The van der Waals surface area contributed by atoms with E-state index in [9.17, 15) is 9.18 Å². The van der Waals surface area contributed by atoms with Gasteiger partial charge in [-0.3, -0.25) is 4.79 Å². The van der Waals surface area contributed by atoms with Crippen LogP contribution in [0.1, 0.15) is 20.8 Å². The monoisotopic (exact) mass is 269 g/mol. The van der Waals surface area contributed by atoms with Gasteiger partial charge < -0.3 is 5.73 Å². The third-order valence-electron chi connectivity index (χ3n) is 2.34. The minimum absolute atomic E-state index is 0.136. The maximum atomic E-state index is 12.9. The summed E-state index contributed by atoms with van der Waals surface area (Å²) < 4.78 is 13.4. The van der Waals surface area contributed by atoms with Crippen LogP contribution >= 0.6 is 22.9 Å². The van der Waals surface area contributed by atoms with Gasteiger partial charge in [0.2, 0.25) is 5.78 Å². The van der Waals surface area contributed by atoms with Gasteiger partial charge in [-0.05, 0) is 36.8 Å². The topological polar surface area (TPSA) is 43.1 Å². The zero-order chi connectivity index (χ0) is 12.6. The summed E-state index contributed by atoms with van der Waals surface area (Å²) in [5, 5.41) is 0. The van der Waals surface area contributed by atoms with Crippen LogP contribution in [0.25, 0.3) is 0 Å². The first-order valence-electron chi connectivity index (χ1n) is 4.84. The Balaban J connectivity index is 2.43.